The molecule has 0 saturated carbocycles. The summed E-state index contributed by atoms with van der Waals surface area (Å²) in [6.45, 7) is 4.35. The highest BCUT2D eigenvalue weighted by atomic mass is 79.9. The molecule has 0 amide bonds. The van der Waals surface area contributed by atoms with Gasteiger partial charge in [0, 0.05) is 17.1 Å². The van der Waals surface area contributed by atoms with E-state index < -0.39 is 0 Å². The Morgan fingerprint density at radius 2 is 2.10 bits per heavy atom. The molecule has 1 aromatic heterocycles. The summed E-state index contributed by atoms with van der Waals surface area (Å²) in [5.41, 5.74) is 4.20. The number of hydrogen-bond acceptors (Lipinski definition) is 1. The topological polar surface area (TPSA) is 17.8 Å². The summed E-state index contributed by atoms with van der Waals surface area (Å²) in [7, 11) is 0. The summed E-state index contributed by atoms with van der Waals surface area (Å²) in [6, 6.07) is 11.5. The number of fused-ring (bicyclic) bond motifs is 1. The van der Waals surface area contributed by atoms with Crippen molar-refractivity contribution >= 4 is 15.9 Å². The molecule has 21 heavy (non-hydrogen) atoms. The van der Waals surface area contributed by atoms with E-state index >= 15 is 0 Å². The molecule has 0 N–H and O–H groups in total. The molecule has 1 heterocycles. The highest BCUT2D eigenvalue weighted by Gasteiger charge is 2.26. The fraction of sp³-hybridized carbons (Fsp3) is 0.500. The van der Waals surface area contributed by atoms with Crippen LogP contribution in [0.4, 0.5) is 0 Å². The first-order valence-corrected chi connectivity index (χ1v) is 8.82. The summed E-state index contributed by atoms with van der Waals surface area (Å²) in [5.74, 6) is 0.629. The molecule has 0 saturated heterocycles. The van der Waals surface area contributed by atoms with Crippen LogP contribution in [-0.2, 0) is 12.8 Å². The summed E-state index contributed by atoms with van der Waals surface area (Å²) >= 11 is 3.96. The van der Waals surface area contributed by atoms with E-state index in [-0.39, 0.29) is 0 Å². The van der Waals surface area contributed by atoms with Gasteiger partial charge in [-0.25, -0.2) is 0 Å². The van der Waals surface area contributed by atoms with Crippen LogP contribution in [-0.4, -0.2) is 9.78 Å². The molecule has 2 nitrogen and oxygen atoms in total. The zero-order chi connectivity index (χ0) is 14.8. The molecule has 112 valence electrons. The minimum atomic E-state index is 0.438. The molecular weight excluding hydrogens is 324 g/mol. The van der Waals surface area contributed by atoms with Gasteiger partial charge in [0.25, 0.3) is 0 Å². The molecule has 2 aromatic rings. The lowest BCUT2D eigenvalue weighted by Gasteiger charge is -2.20. The zero-order valence-corrected chi connectivity index (χ0v) is 14.4. The quantitative estimate of drug-likeness (QED) is 0.558. The second kappa shape index (κ2) is 6.35. The van der Waals surface area contributed by atoms with Gasteiger partial charge < -0.3 is 0 Å². The van der Waals surface area contributed by atoms with Crippen molar-refractivity contribution < 1.29 is 0 Å². The van der Waals surface area contributed by atoms with Gasteiger partial charge in [-0.1, -0.05) is 40.2 Å². The van der Waals surface area contributed by atoms with Gasteiger partial charge in [0.1, 0.15) is 0 Å². The molecule has 0 aliphatic heterocycles. The fourth-order valence-electron chi connectivity index (χ4n) is 3.23. The van der Waals surface area contributed by atoms with Crippen molar-refractivity contribution in [2.75, 3.05) is 0 Å². The standard InChI is InChI=1S/C18H23BrN2/c1-13(2)21-11-10-16(20-21)12-15-8-5-7-14-6-3-4-9-17(14)18(15)19/h3-4,6,9-11,13,15,18H,5,7-8,12H2,1-2H3. The van der Waals surface area contributed by atoms with E-state index in [0.29, 0.717) is 16.8 Å². The van der Waals surface area contributed by atoms with E-state index in [0.717, 1.165) is 6.42 Å². The summed E-state index contributed by atoms with van der Waals surface area (Å²) < 4.78 is 2.06. The Balaban J connectivity index is 1.79. The second-order valence-electron chi connectivity index (χ2n) is 6.34. The lowest BCUT2D eigenvalue weighted by Crippen LogP contribution is -2.11. The maximum Gasteiger partial charge on any atom is 0.0628 e. The summed E-state index contributed by atoms with van der Waals surface area (Å²) in [4.78, 5) is 0.445. The van der Waals surface area contributed by atoms with Gasteiger partial charge in [-0.05, 0) is 62.6 Å². The van der Waals surface area contributed by atoms with Crippen LogP contribution in [0.3, 0.4) is 0 Å². The third-order valence-electron chi connectivity index (χ3n) is 4.45. The predicted octanol–water partition coefficient (Wildman–Crippen LogP) is 5.10. The maximum absolute atomic E-state index is 4.72. The number of alkyl halides is 1. The Labute approximate surface area is 135 Å². The average molecular weight is 347 g/mol. The Bertz CT molecular complexity index is 603. The van der Waals surface area contributed by atoms with Crippen molar-refractivity contribution in [3.05, 3.63) is 53.3 Å². The van der Waals surface area contributed by atoms with Gasteiger partial charge in [0.15, 0.2) is 0 Å². The Kier molecular flexibility index (Phi) is 4.48. The molecule has 0 bridgehead atoms. The SMILES string of the molecule is CC(C)n1ccc(CC2CCCc3ccccc3C2Br)n1. The van der Waals surface area contributed by atoms with Gasteiger partial charge in [-0.15, -0.1) is 0 Å². The van der Waals surface area contributed by atoms with Crippen LogP contribution in [0.2, 0.25) is 0 Å². The van der Waals surface area contributed by atoms with Crippen LogP contribution in [0.15, 0.2) is 36.5 Å². The van der Waals surface area contributed by atoms with Crippen LogP contribution in [0.5, 0.6) is 0 Å². The van der Waals surface area contributed by atoms with Crippen molar-refractivity contribution in [3.8, 4) is 0 Å². The molecule has 1 aliphatic rings. The molecule has 2 unspecified atom stereocenters. The van der Waals surface area contributed by atoms with E-state index in [1.54, 1.807) is 0 Å². The molecule has 3 heteroatoms. The van der Waals surface area contributed by atoms with Crippen LogP contribution >= 0.6 is 15.9 Å². The minimum absolute atomic E-state index is 0.438. The predicted molar refractivity (Wildman–Crippen MR) is 90.9 cm³/mol. The molecule has 0 fully saturated rings. The number of nitrogens with zero attached hydrogens (tertiary/aromatic N) is 2. The monoisotopic (exact) mass is 346 g/mol. The molecule has 3 rings (SSSR count). The lowest BCUT2D eigenvalue weighted by molar-refractivity contribution is 0.459. The van der Waals surface area contributed by atoms with Gasteiger partial charge in [-0.3, -0.25) is 4.68 Å². The largest absolute Gasteiger partial charge is 0.270 e. The normalized spacial score (nSPS) is 22.1. The third kappa shape index (κ3) is 3.23. The van der Waals surface area contributed by atoms with Crippen LogP contribution in [0, 0.1) is 5.92 Å². The molecule has 1 aliphatic carbocycles. The first-order chi connectivity index (χ1) is 10.1. The minimum Gasteiger partial charge on any atom is -0.270 e. The Morgan fingerprint density at radius 3 is 2.86 bits per heavy atom. The van der Waals surface area contributed by atoms with Crippen LogP contribution in [0.1, 0.15) is 54.4 Å². The van der Waals surface area contributed by atoms with Crippen molar-refractivity contribution in [3.63, 3.8) is 0 Å². The average Bonchev–Trinajstić information content (AvgIpc) is 2.89. The van der Waals surface area contributed by atoms with Crippen molar-refractivity contribution in [1.82, 2.24) is 9.78 Å². The summed E-state index contributed by atoms with van der Waals surface area (Å²) in [5, 5.41) is 4.72. The van der Waals surface area contributed by atoms with Crippen LogP contribution in [0.25, 0.3) is 0 Å². The number of aryl methyl sites for hydroxylation is 1. The van der Waals surface area contributed by atoms with E-state index in [4.69, 9.17) is 5.10 Å². The van der Waals surface area contributed by atoms with Crippen LogP contribution < -0.4 is 0 Å². The molecule has 0 spiro atoms. The van der Waals surface area contributed by atoms with Gasteiger partial charge >= 0.3 is 0 Å². The summed E-state index contributed by atoms with van der Waals surface area (Å²) in [6.07, 6.45) is 6.90. The van der Waals surface area contributed by atoms with E-state index in [9.17, 15) is 0 Å². The van der Waals surface area contributed by atoms with E-state index in [1.807, 2.05) is 0 Å². The number of benzene rings is 1. The molecule has 1 aromatic carbocycles. The van der Waals surface area contributed by atoms with Crippen molar-refractivity contribution in [2.24, 2.45) is 5.92 Å². The maximum atomic E-state index is 4.72. The zero-order valence-electron chi connectivity index (χ0n) is 12.8. The molecule has 0 radical (unpaired) electrons. The third-order valence-corrected chi connectivity index (χ3v) is 5.69. The van der Waals surface area contributed by atoms with Gasteiger partial charge in [-0.2, -0.15) is 5.10 Å². The van der Waals surface area contributed by atoms with E-state index in [2.05, 4.69) is 71.0 Å². The molecular formula is C18H23BrN2. The smallest absolute Gasteiger partial charge is 0.0628 e. The first kappa shape index (κ1) is 14.8. The number of halogens is 1. The van der Waals surface area contributed by atoms with E-state index in [1.165, 1.54) is 36.1 Å². The van der Waals surface area contributed by atoms with Gasteiger partial charge in [0.2, 0.25) is 0 Å². The highest BCUT2D eigenvalue weighted by molar-refractivity contribution is 9.09. The number of aromatic nitrogens is 2. The highest BCUT2D eigenvalue weighted by Crippen LogP contribution is 2.40. The first-order valence-electron chi connectivity index (χ1n) is 7.91. The second-order valence-corrected chi connectivity index (χ2v) is 7.32. The number of hydrogen-bond donors (Lipinski definition) is 0. The number of rotatable bonds is 3. The Morgan fingerprint density at radius 1 is 1.29 bits per heavy atom. The van der Waals surface area contributed by atoms with Crippen molar-refractivity contribution in [2.45, 2.75) is 50.4 Å². The van der Waals surface area contributed by atoms with Gasteiger partial charge in [0.05, 0.1) is 5.69 Å². The molecule has 2 atom stereocenters. The Hall–Kier alpha value is -1.09. The lowest BCUT2D eigenvalue weighted by atomic mass is 9.92. The van der Waals surface area contributed by atoms with Crippen molar-refractivity contribution in [1.29, 1.82) is 0 Å². The fourth-order valence-corrected chi connectivity index (χ4v) is 4.13.